The van der Waals surface area contributed by atoms with Gasteiger partial charge in [-0.05, 0) is 32.2 Å². The molecule has 0 aliphatic carbocycles. The van der Waals surface area contributed by atoms with Crippen LogP contribution in [0, 0.1) is 11.7 Å². The maximum Gasteiger partial charge on any atom is 0.241 e. The standard InChI is InChI=1S/C18H27FN4O2.2ClH/c1-13(12-20-3)18(25)23-9-7-22(8-10-23)14(2)17(24)21-16-6-4-5-15(19)11-16;;/h4-6,11,13-14,20H,7-10,12H2,1-3H3,(H,21,24);2*1H. The van der Waals surface area contributed by atoms with Gasteiger partial charge >= 0.3 is 0 Å². The third kappa shape index (κ3) is 7.25. The molecule has 2 unspecified atom stereocenters. The fourth-order valence-electron chi connectivity index (χ4n) is 3.01. The van der Waals surface area contributed by atoms with Crippen LogP contribution in [0.1, 0.15) is 13.8 Å². The summed E-state index contributed by atoms with van der Waals surface area (Å²) in [5.74, 6) is -0.460. The van der Waals surface area contributed by atoms with Crippen molar-refractivity contribution in [2.24, 2.45) is 5.92 Å². The summed E-state index contributed by atoms with van der Waals surface area (Å²) in [6, 6.07) is 5.52. The van der Waals surface area contributed by atoms with Gasteiger partial charge in [0.2, 0.25) is 11.8 Å². The number of piperazine rings is 1. The Kier molecular flexibility index (Phi) is 11.5. The number of anilines is 1. The predicted molar refractivity (Wildman–Crippen MR) is 110 cm³/mol. The van der Waals surface area contributed by atoms with Gasteiger partial charge < -0.3 is 15.5 Å². The normalized spacial score (nSPS) is 16.5. The number of hydrogen-bond donors (Lipinski definition) is 2. The number of benzene rings is 1. The van der Waals surface area contributed by atoms with E-state index < -0.39 is 0 Å². The first-order valence-corrected chi connectivity index (χ1v) is 8.66. The molecule has 6 nitrogen and oxygen atoms in total. The van der Waals surface area contributed by atoms with Crippen LogP contribution in [0.2, 0.25) is 0 Å². The first-order chi connectivity index (χ1) is 11.9. The van der Waals surface area contributed by atoms with Crippen LogP contribution in [-0.2, 0) is 9.59 Å². The van der Waals surface area contributed by atoms with E-state index in [9.17, 15) is 14.0 Å². The maximum absolute atomic E-state index is 13.2. The second-order valence-corrected chi connectivity index (χ2v) is 6.50. The summed E-state index contributed by atoms with van der Waals surface area (Å²) in [5.41, 5.74) is 0.451. The quantitative estimate of drug-likeness (QED) is 0.735. The molecule has 1 aromatic rings. The van der Waals surface area contributed by atoms with Gasteiger partial charge in [-0.3, -0.25) is 14.5 Å². The Balaban J connectivity index is 0.00000338. The van der Waals surface area contributed by atoms with Crippen LogP contribution in [0.3, 0.4) is 0 Å². The Hall–Kier alpha value is -1.41. The van der Waals surface area contributed by atoms with Crippen molar-refractivity contribution in [2.75, 3.05) is 45.1 Å². The molecule has 1 aliphatic rings. The summed E-state index contributed by atoms with van der Waals surface area (Å²) in [4.78, 5) is 28.6. The van der Waals surface area contributed by atoms with Crippen molar-refractivity contribution in [1.82, 2.24) is 15.1 Å². The van der Waals surface area contributed by atoms with Crippen LogP contribution in [0.15, 0.2) is 24.3 Å². The molecule has 1 aliphatic heterocycles. The van der Waals surface area contributed by atoms with Crippen LogP contribution < -0.4 is 10.6 Å². The Morgan fingerprint density at radius 2 is 1.78 bits per heavy atom. The van der Waals surface area contributed by atoms with Gasteiger partial charge in [0.15, 0.2) is 0 Å². The molecule has 1 fully saturated rings. The van der Waals surface area contributed by atoms with Crippen LogP contribution in [0.5, 0.6) is 0 Å². The number of rotatable bonds is 6. The SMILES string of the molecule is CNCC(C)C(=O)N1CCN(C(C)C(=O)Nc2cccc(F)c2)CC1.Cl.Cl. The van der Waals surface area contributed by atoms with Crippen molar-refractivity contribution in [1.29, 1.82) is 0 Å². The molecule has 1 heterocycles. The number of carbonyl (C=O) groups excluding carboxylic acids is 2. The lowest BCUT2D eigenvalue weighted by atomic mass is 10.1. The van der Waals surface area contributed by atoms with Crippen LogP contribution in [0.25, 0.3) is 0 Å². The minimum absolute atomic E-state index is 0. The topological polar surface area (TPSA) is 64.7 Å². The smallest absolute Gasteiger partial charge is 0.241 e. The van der Waals surface area contributed by atoms with Gasteiger partial charge in [0, 0.05) is 44.3 Å². The van der Waals surface area contributed by atoms with Crippen molar-refractivity contribution < 1.29 is 14.0 Å². The lowest BCUT2D eigenvalue weighted by molar-refractivity contribution is -0.137. The summed E-state index contributed by atoms with van der Waals surface area (Å²) in [5, 5.41) is 5.76. The van der Waals surface area contributed by atoms with Gasteiger partial charge in [-0.15, -0.1) is 24.8 Å². The largest absolute Gasteiger partial charge is 0.340 e. The molecular formula is C18H29Cl2FN4O2. The Bertz CT molecular complexity index is 613. The summed E-state index contributed by atoms with van der Waals surface area (Å²) in [7, 11) is 1.83. The van der Waals surface area contributed by atoms with E-state index in [1.54, 1.807) is 12.1 Å². The molecule has 2 rings (SSSR count). The minimum Gasteiger partial charge on any atom is -0.340 e. The van der Waals surface area contributed by atoms with Gasteiger partial charge in [0.1, 0.15) is 5.82 Å². The molecule has 2 N–H and O–H groups in total. The molecule has 0 spiro atoms. The fraction of sp³-hybridized carbons (Fsp3) is 0.556. The minimum atomic E-state index is -0.381. The Labute approximate surface area is 172 Å². The first-order valence-electron chi connectivity index (χ1n) is 8.66. The molecule has 0 aromatic heterocycles. The van der Waals surface area contributed by atoms with E-state index in [-0.39, 0.29) is 54.4 Å². The van der Waals surface area contributed by atoms with E-state index in [0.29, 0.717) is 38.4 Å². The van der Waals surface area contributed by atoms with Crippen LogP contribution in [-0.4, -0.2) is 67.4 Å². The second-order valence-electron chi connectivity index (χ2n) is 6.50. The Morgan fingerprint density at radius 1 is 1.15 bits per heavy atom. The van der Waals surface area contributed by atoms with Gasteiger partial charge in [0.05, 0.1) is 6.04 Å². The van der Waals surface area contributed by atoms with Crippen molar-refractivity contribution in [3.63, 3.8) is 0 Å². The fourth-order valence-corrected chi connectivity index (χ4v) is 3.01. The zero-order chi connectivity index (χ0) is 18.4. The predicted octanol–water partition coefficient (Wildman–Crippen LogP) is 2.00. The molecule has 27 heavy (non-hydrogen) atoms. The first kappa shape index (κ1) is 25.6. The summed E-state index contributed by atoms with van der Waals surface area (Å²) in [6.45, 7) is 6.93. The highest BCUT2D eigenvalue weighted by Crippen LogP contribution is 2.13. The van der Waals surface area contributed by atoms with E-state index in [2.05, 4.69) is 10.6 Å². The third-order valence-electron chi connectivity index (χ3n) is 4.58. The number of nitrogens with one attached hydrogen (secondary N) is 2. The average Bonchev–Trinajstić information content (AvgIpc) is 2.60. The van der Waals surface area contributed by atoms with Gasteiger partial charge in [-0.1, -0.05) is 13.0 Å². The van der Waals surface area contributed by atoms with E-state index in [1.165, 1.54) is 12.1 Å². The van der Waals surface area contributed by atoms with Crippen LogP contribution >= 0.6 is 24.8 Å². The average molecular weight is 423 g/mol. The molecule has 1 aromatic carbocycles. The van der Waals surface area contributed by atoms with Crippen molar-refractivity contribution in [3.05, 3.63) is 30.1 Å². The Morgan fingerprint density at radius 3 is 2.33 bits per heavy atom. The molecule has 0 radical (unpaired) electrons. The zero-order valence-corrected chi connectivity index (χ0v) is 17.5. The maximum atomic E-state index is 13.2. The zero-order valence-electron chi connectivity index (χ0n) is 15.9. The van der Waals surface area contributed by atoms with Gasteiger partial charge in [-0.2, -0.15) is 0 Å². The molecule has 2 atom stereocenters. The molecular weight excluding hydrogens is 394 g/mol. The highest BCUT2D eigenvalue weighted by Gasteiger charge is 2.29. The number of hydrogen-bond acceptors (Lipinski definition) is 4. The molecule has 0 saturated carbocycles. The van der Waals surface area contributed by atoms with E-state index in [4.69, 9.17) is 0 Å². The lowest BCUT2D eigenvalue weighted by Gasteiger charge is -2.38. The molecule has 2 amide bonds. The molecule has 0 bridgehead atoms. The van der Waals surface area contributed by atoms with E-state index in [1.807, 2.05) is 30.7 Å². The second kappa shape index (κ2) is 12.1. The van der Waals surface area contributed by atoms with Crippen molar-refractivity contribution >= 4 is 42.3 Å². The monoisotopic (exact) mass is 422 g/mol. The molecule has 9 heteroatoms. The van der Waals surface area contributed by atoms with E-state index in [0.717, 1.165) is 0 Å². The lowest BCUT2D eigenvalue weighted by Crippen LogP contribution is -2.55. The summed E-state index contributed by atoms with van der Waals surface area (Å²) >= 11 is 0. The number of halogens is 3. The molecule has 1 saturated heterocycles. The summed E-state index contributed by atoms with van der Waals surface area (Å²) in [6.07, 6.45) is 0. The molecule has 154 valence electrons. The highest BCUT2D eigenvalue weighted by atomic mass is 35.5. The number of nitrogens with zero attached hydrogens (tertiary/aromatic N) is 2. The van der Waals surface area contributed by atoms with Gasteiger partial charge in [-0.25, -0.2) is 4.39 Å². The van der Waals surface area contributed by atoms with Crippen LogP contribution in [0.4, 0.5) is 10.1 Å². The third-order valence-corrected chi connectivity index (χ3v) is 4.58. The van der Waals surface area contributed by atoms with E-state index >= 15 is 0 Å². The van der Waals surface area contributed by atoms with Gasteiger partial charge in [0.25, 0.3) is 0 Å². The highest BCUT2D eigenvalue weighted by molar-refractivity contribution is 5.94. The summed E-state index contributed by atoms with van der Waals surface area (Å²) < 4.78 is 13.2. The van der Waals surface area contributed by atoms with Crippen molar-refractivity contribution in [2.45, 2.75) is 19.9 Å². The number of amides is 2. The van der Waals surface area contributed by atoms with Crippen molar-refractivity contribution in [3.8, 4) is 0 Å². The number of carbonyl (C=O) groups is 2.